The van der Waals surface area contributed by atoms with Gasteiger partial charge in [-0.1, -0.05) is 0 Å². The van der Waals surface area contributed by atoms with E-state index >= 15 is 0 Å². The fraction of sp³-hybridized carbons (Fsp3) is 0.250. The highest BCUT2D eigenvalue weighted by Gasteiger charge is 2.13. The molecular weight excluding hydrogens is 387 g/mol. The third kappa shape index (κ3) is 4.55. The number of aryl methyl sites for hydroxylation is 1. The number of benzene rings is 2. The number of nitrogens with one attached hydrogen (secondary N) is 1. The van der Waals surface area contributed by atoms with E-state index in [2.05, 4.69) is 10.3 Å². The summed E-state index contributed by atoms with van der Waals surface area (Å²) in [4.78, 5) is 4.35. The number of fused-ring (bicyclic) bond motifs is 1. The highest BCUT2D eigenvalue weighted by Crippen LogP contribution is 2.36. The molecule has 0 unspecified atom stereocenters. The number of aromatic hydroxyl groups is 1. The minimum atomic E-state index is -0.457. The van der Waals surface area contributed by atoms with Crippen molar-refractivity contribution in [2.24, 2.45) is 0 Å². The number of phenols is 1. The van der Waals surface area contributed by atoms with Gasteiger partial charge in [-0.2, -0.15) is 0 Å². The van der Waals surface area contributed by atoms with E-state index in [9.17, 15) is 9.50 Å². The van der Waals surface area contributed by atoms with Crippen LogP contribution in [0.2, 0.25) is 0 Å². The topological polar surface area (TPSA) is 72.8 Å². The highest BCUT2D eigenvalue weighted by molar-refractivity contribution is 5.95. The lowest BCUT2D eigenvalue weighted by Gasteiger charge is -2.15. The first-order chi connectivity index (χ1) is 13.0. The molecule has 0 radical (unpaired) electrons. The summed E-state index contributed by atoms with van der Waals surface area (Å²) in [7, 11) is 3.15. The lowest BCUT2D eigenvalue weighted by Crippen LogP contribution is -2.05. The molecule has 1 aromatic heterocycles. The van der Waals surface area contributed by atoms with Crippen LogP contribution in [0, 0.1) is 12.7 Å². The van der Waals surface area contributed by atoms with Crippen molar-refractivity contribution in [1.82, 2.24) is 4.98 Å². The van der Waals surface area contributed by atoms with Gasteiger partial charge in [-0.25, -0.2) is 4.39 Å². The summed E-state index contributed by atoms with van der Waals surface area (Å²) < 4.78 is 30.3. The molecule has 2 aromatic carbocycles. The van der Waals surface area contributed by atoms with Gasteiger partial charge in [-0.3, -0.25) is 4.98 Å². The van der Waals surface area contributed by atoms with Crippen LogP contribution in [0.25, 0.3) is 10.9 Å². The number of aromatic nitrogens is 1. The summed E-state index contributed by atoms with van der Waals surface area (Å²) >= 11 is 0. The average Bonchev–Trinajstić information content (AvgIpc) is 2.66. The van der Waals surface area contributed by atoms with Gasteiger partial charge < -0.3 is 24.6 Å². The Hall–Kier alpha value is -2.77. The van der Waals surface area contributed by atoms with Crippen LogP contribution < -0.4 is 14.8 Å². The third-order valence-corrected chi connectivity index (χ3v) is 4.13. The highest BCUT2D eigenvalue weighted by atomic mass is 35.5. The molecule has 0 atom stereocenters. The fourth-order valence-electron chi connectivity index (χ4n) is 2.67. The second-order valence-electron chi connectivity index (χ2n) is 5.96. The Morgan fingerprint density at radius 1 is 1.07 bits per heavy atom. The van der Waals surface area contributed by atoms with E-state index in [-0.39, 0.29) is 23.8 Å². The summed E-state index contributed by atoms with van der Waals surface area (Å²) in [6.07, 6.45) is 1.61. The van der Waals surface area contributed by atoms with E-state index < -0.39 is 5.82 Å². The molecule has 0 aliphatic rings. The number of pyridine rings is 1. The van der Waals surface area contributed by atoms with Crippen LogP contribution in [0.15, 0.2) is 36.5 Å². The quantitative estimate of drug-likeness (QED) is 0.557. The van der Waals surface area contributed by atoms with Gasteiger partial charge in [-0.15, -0.1) is 12.4 Å². The molecule has 0 saturated carbocycles. The minimum absolute atomic E-state index is 0. The van der Waals surface area contributed by atoms with Gasteiger partial charge in [0.2, 0.25) is 0 Å². The molecule has 0 spiro atoms. The molecule has 0 aliphatic carbocycles. The van der Waals surface area contributed by atoms with Crippen molar-refractivity contribution in [2.45, 2.75) is 6.92 Å². The number of hydrogen-bond acceptors (Lipinski definition) is 6. The molecule has 2 N–H and O–H groups in total. The van der Waals surface area contributed by atoms with Crippen molar-refractivity contribution in [2.75, 3.05) is 32.8 Å². The summed E-state index contributed by atoms with van der Waals surface area (Å²) in [5.74, 6) is 0.637. The van der Waals surface area contributed by atoms with E-state index in [1.54, 1.807) is 45.5 Å². The maximum absolute atomic E-state index is 14.3. The second-order valence-corrected chi connectivity index (χ2v) is 5.96. The largest absolute Gasteiger partial charge is 0.508 e. The molecule has 0 amide bonds. The lowest BCUT2D eigenvalue weighted by molar-refractivity contribution is 0.144. The number of rotatable bonds is 7. The predicted octanol–water partition coefficient (Wildman–Crippen LogP) is 4.59. The molecular formula is C20H22ClFN2O4. The van der Waals surface area contributed by atoms with E-state index in [1.165, 1.54) is 12.1 Å². The fourth-order valence-corrected chi connectivity index (χ4v) is 2.67. The van der Waals surface area contributed by atoms with Crippen LogP contribution in [0.5, 0.6) is 17.2 Å². The molecule has 28 heavy (non-hydrogen) atoms. The number of nitrogens with zero attached hydrogens (tertiary/aromatic N) is 1. The molecule has 3 rings (SSSR count). The SMILES string of the molecule is COCCOc1cc2nccc(Nc3cc(O)c(C)cc3F)c2cc1OC.Cl. The van der Waals surface area contributed by atoms with Crippen molar-refractivity contribution >= 4 is 34.7 Å². The van der Waals surface area contributed by atoms with Crippen LogP contribution in [0.1, 0.15) is 5.56 Å². The Bertz CT molecular complexity index is 969. The van der Waals surface area contributed by atoms with Gasteiger partial charge in [0.25, 0.3) is 0 Å². The zero-order valence-corrected chi connectivity index (χ0v) is 16.6. The lowest BCUT2D eigenvalue weighted by atomic mass is 10.1. The van der Waals surface area contributed by atoms with E-state index in [4.69, 9.17) is 14.2 Å². The molecule has 0 aliphatic heterocycles. The van der Waals surface area contributed by atoms with Gasteiger partial charge in [0.1, 0.15) is 18.2 Å². The van der Waals surface area contributed by atoms with Crippen LogP contribution in [-0.4, -0.2) is 37.5 Å². The maximum atomic E-state index is 14.3. The van der Waals surface area contributed by atoms with Gasteiger partial charge in [0.05, 0.1) is 24.9 Å². The van der Waals surface area contributed by atoms with Crippen LogP contribution in [0.3, 0.4) is 0 Å². The zero-order valence-electron chi connectivity index (χ0n) is 15.8. The number of ether oxygens (including phenoxy) is 3. The minimum Gasteiger partial charge on any atom is -0.508 e. The third-order valence-electron chi connectivity index (χ3n) is 4.13. The molecule has 0 fully saturated rings. The van der Waals surface area contributed by atoms with Crippen molar-refractivity contribution in [1.29, 1.82) is 0 Å². The van der Waals surface area contributed by atoms with Crippen molar-refractivity contribution in [3.05, 3.63) is 47.9 Å². The number of methoxy groups -OCH3 is 2. The molecule has 3 aromatic rings. The number of halogens is 2. The van der Waals surface area contributed by atoms with Crippen LogP contribution in [0.4, 0.5) is 15.8 Å². The summed E-state index contributed by atoms with van der Waals surface area (Å²) in [6.45, 7) is 2.47. The second kappa shape index (κ2) is 9.43. The first-order valence-electron chi connectivity index (χ1n) is 8.38. The number of anilines is 2. The first-order valence-corrected chi connectivity index (χ1v) is 8.38. The average molecular weight is 409 g/mol. The molecule has 8 heteroatoms. The Balaban J connectivity index is 0.00000280. The molecule has 1 heterocycles. The van der Waals surface area contributed by atoms with E-state index in [0.29, 0.717) is 41.5 Å². The summed E-state index contributed by atoms with van der Waals surface area (Å²) in [6, 6.07) is 7.90. The Morgan fingerprint density at radius 2 is 1.86 bits per heavy atom. The molecule has 6 nitrogen and oxygen atoms in total. The maximum Gasteiger partial charge on any atom is 0.163 e. The normalized spacial score (nSPS) is 10.4. The number of phenolic OH excluding ortho intramolecular Hbond substituents is 1. The van der Waals surface area contributed by atoms with Gasteiger partial charge >= 0.3 is 0 Å². The Morgan fingerprint density at radius 3 is 2.57 bits per heavy atom. The Kier molecular flexibility index (Phi) is 7.25. The van der Waals surface area contributed by atoms with Crippen LogP contribution in [-0.2, 0) is 4.74 Å². The van der Waals surface area contributed by atoms with Crippen molar-refractivity contribution < 1.29 is 23.7 Å². The van der Waals surface area contributed by atoms with E-state index in [0.717, 1.165) is 5.39 Å². The van der Waals surface area contributed by atoms with Gasteiger partial charge in [-0.05, 0) is 30.7 Å². The van der Waals surface area contributed by atoms with Crippen LogP contribution >= 0.6 is 12.4 Å². The van der Waals surface area contributed by atoms with Crippen molar-refractivity contribution in [3.8, 4) is 17.2 Å². The molecule has 150 valence electrons. The zero-order chi connectivity index (χ0) is 19.4. The Labute approximate surface area is 168 Å². The van der Waals surface area contributed by atoms with Gasteiger partial charge in [0.15, 0.2) is 11.5 Å². The first kappa shape index (κ1) is 21.5. The number of hydrogen-bond donors (Lipinski definition) is 2. The molecule has 0 bridgehead atoms. The summed E-state index contributed by atoms with van der Waals surface area (Å²) in [5, 5.41) is 13.6. The standard InChI is InChI=1S/C20H21FN2O4.ClH/c1-12-8-14(21)17(10-18(12)24)23-15-4-5-22-16-11-20(27-7-6-25-2)19(26-3)9-13(15)16;/h4-5,8-11,24H,6-7H2,1-3H3,(H,22,23);1H. The molecule has 0 saturated heterocycles. The van der Waals surface area contributed by atoms with Gasteiger partial charge in [0, 0.05) is 36.5 Å². The van der Waals surface area contributed by atoms with Crippen molar-refractivity contribution in [3.63, 3.8) is 0 Å². The van der Waals surface area contributed by atoms with E-state index in [1.807, 2.05) is 0 Å². The monoisotopic (exact) mass is 408 g/mol. The smallest absolute Gasteiger partial charge is 0.163 e. The summed E-state index contributed by atoms with van der Waals surface area (Å²) in [5.41, 5.74) is 1.93. The predicted molar refractivity (Wildman–Crippen MR) is 109 cm³/mol.